The number of benzene rings is 2. The van der Waals surface area contributed by atoms with Gasteiger partial charge in [0.05, 0.1) is 22.9 Å². The first-order valence-corrected chi connectivity index (χ1v) is 9.91. The first-order valence-electron chi connectivity index (χ1n) is 9.91. The molecule has 2 aromatic carbocycles. The van der Waals surface area contributed by atoms with Crippen LogP contribution in [0.4, 0.5) is 10.2 Å². The molecular formula is C24H21FN4O3. The third-order valence-corrected chi connectivity index (χ3v) is 4.78. The van der Waals surface area contributed by atoms with Crippen LogP contribution >= 0.6 is 0 Å². The van der Waals surface area contributed by atoms with Crippen molar-refractivity contribution < 1.29 is 19.1 Å². The van der Waals surface area contributed by atoms with Crippen molar-refractivity contribution in [1.82, 2.24) is 10.3 Å². The number of carboxylic acid groups (broad SMARTS) is 1. The molecule has 7 nitrogen and oxygen atoms in total. The normalized spacial score (nSPS) is 11.3. The highest BCUT2D eigenvalue weighted by Crippen LogP contribution is 2.25. The van der Waals surface area contributed by atoms with E-state index in [0.29, 0.717) is 29.8 Å². The minimum atomic E-state index is -1.16. The minimum absolute atomic E-state index is 0.163. The first-order chi connectivity index (χ1) is 15.4. The van der Waals surface area contributed by atoms with E-state index in [2.05, 4.69) is 21.7 Å². The molecule has 1 amide bonds. The van der Waals surface area contributed by atoms with Crippen molar-refractivity contribution in [3.8, 4) is 17.3 Å². The maximum absolute atomic E-state index is 13.4. The van der Waals surface area contributed by atoms with E-state index in [1.807, 2.05) is 0 Å². The summed E-state index contributed by atoms with van der Waals surface area (Å²) in [6.45, 7) is 1.72. The van der Waals surface area contributed by atoms with Crippen LogP contribution in [0.15, 0.2) is 60.7 Å². The van der Waals surface area contributed by atoms with Gasteiger partial charge in [0, 0.05) is 12.1 Å². The molecule has 0 unspecified atom stereocenters. The summed E-state index contributed by atoms with van der Waals surface area (Å²) in [6.07, 6.45) is 0.477. The van der Waals surface area contributed by atoms with Gasteiger partial charge in [-0.25, -0.2) is 9.37 Å². The van der Waals surface area contributed by atoms with Crippen LogP contribution in [0.1, 0.15) is 28.4 Å². The number of aromatic nitrogens is 1. The van der Waals surface area contributed by atoms with Crippen LogP contribution in [0.25, 0.3) is 11.3 Å². The summed E-state index contributed by atoms with van der Waals surface area (Å²) in [4.78, 5) is 28.3. The van der Waals surface area contributed by atoms with Gasteiger partial charge in [-0.3, -0.25) is 9.59 Å². The molecule has 32 heavy (non-hydrogen) atoms. The second-order valence-corrected chi connectivity index (χ2v) is 7.09. The molecule has 1 aromatic heterocycles. The van der Waals surface area contributed by atoms with Crippen LogP contribution in [0.2, 0.25) is 0 Å². The van der Waals surface area contributed by atoms with Gasteiger partial charge >= 0.3 is 5.97 Å². The van der Waals surface area contributed by atoms with E-state index in [9.17, 15) is 19.2 Å². The molecule has 0 saturated heterocycles. The molecule has 3 rings (SSSR count). The summed E-state index contributed by atoms with van der Waals surface area (Å²) in [6, 6.07) is 17.3. The molecule has 162 valence electrons. The zero-order valence-electron chi connectivity index (χ0n) is 17.3. The molecule has 3 aromatic rings. The van der Waals surface area contributed by atoms with Gasteiger partial charge in [-0.15, -0.1) is 0 Å². The van der Waals surface area contributed by atoms with Crippen LogP contribution < -0.4 is 10.6 Å². The Morgan fingerprint density at radius 3 is 2.66 bits per heavy atom. The molecule has 0 radical (unpaired) electrons. The Labute approximate surface area is 184 Å². The largest absolute Gasteiger partial charge is 0.480 e. The van der Waals surface area contributed by atoms with Crippen molar-refractivity contribution >= 4 is 17.7 Å². The number of pyridine rings is 1. The van der Waals surface area contributed by atoms with Crippen LogP contribution in [0.5, 0.6) is 0 Å². The van der Waals surface area contributed by atoms with E-state index in [4.69, 9.17) is 5.11 Å². The van der Waals surface area contributed by atoms with Crippen LogP contribution in [0, 0.1) is 17.1 Å². The summed E-state index contributed by atoms with van der Waals surface area (Å²) < 4.78 is 13.4. The fourth-order valence-electron chi connectivity index (χ4n) is 3.08. The Morgan fingerprint density at radius 1 is 1.16 bits per heavy atom. The van der Waals surface area contributed by atoms with Gasteiger partial charge in [-0.05, 0) is 49.2 Å². The number of nitrogens with one attached hydrogen (secondary N) is 2. The number of aliphatic carboxylic acids is 1. The topological polar surface area (TPSA) is 115 Å². The van der Waals surface area contributed by atoms with Crippen LogP contribution in [-0.4, -0.2) is 34.6 Å². The van der Waals surface area contributed by atoms with Gasteiger partial charge in [0.2, 0.25) is 0 Å². The number of rotatable bonds is 8. The number of nitrogens with zero attached hydrogens (tertiary/aromatic N) is 2. The number of halogens is 1. The molecule has 0 spiro atoms. The number of anilines is 1. The zero-order valence-corrected chi connectivity index (χ0v) is 17.3. The van der Waals surface area contributed by atoms with Crippen LogP contribution in [0.3, 0.4) is 0 Å². The fraction of sp³-hybridized carbons (Fsp3) is 0.167. The molecule has 3 N–H and O–H groups in total. The van der Waals surface area contributed by atoms with E-state index >= 15 is 0 Å². The van der Waals surface area contributed by atoms with Gasteiger partial charge in [-0.1, -0.05) is 30.3 Å². The summed E-state index contributed by atoms with van der Waals surface area (Å²) in [5, 5.41) is 24.0. The summed E-state index contributed by atoms with van der Waals surface area (Å²) in [5.74, 6) is -1.85. The third-order valence-electron chi connectivity index (χ3n) is 4.78. The average Bonchev–Trinajstić information content (AvgIpc) is 2.78. The molecule has 1 atom stereocenters. The Morgan fingerprint density at radius 2 is 1.94 bits per heavy atom. The fourth-order valence-corrected chi connectivity index (χ4v) is 3.08. The lowest BCUT2D eigenvalue weighted by Gasteiger charge is -2.15. The number of nitriles is 1. The number of hydrogen-bond donors (Lipinski definition) is 3. The van der Waals surface area contributed by atoms with Crippen molar-refractivity contribution in [3.63, 3.8) is 0 Å². The lowest BCUT2D eigenvalue weighted by atomic mass is 10.0. The molecule has 0 aliphatic rings. The van der Waals surface area contributed by atoms with Gasteiger partial charge in [0.1, 0.15) is 17.7 Å². The summed E-state index contributed by atoms with van der Waals surface area (Å²) >= 11 is 0. The lowest BCUT2D eigenvalue weighted by Crippen LogP contribution is -2.38. The second-order valence-electron chi connectivity index (χ2n) is 7.09. The van der Waals surface area contributed by atoms with E-state index in [-0.39, 0.29) is 17.2 Å². The molecular weight excluding hydrogens is 411 g/mol. The Balaban J connectivity index is 1.90. The van der Waals surface area contributed by atoms with Crippen molar-refractivity contribution in [3.05, 3.63) is 83.2 Å². The highest BCUT2D eigenvalue weighted by molar-refractivity contribution is 6.00. The van der Waals surface area contributed by atoms with Gasteiger partial charge in [0.25, 0.3) is 5.91 Å². The maximum Gasteiger partial charge on any atom is 0.325 e. The van der Waals surface area contributed by atoms with Gasteiger partial charge in [-0.2, -0.15) is 5.26 Å². The van der Waals surface area contributed by atoms with E-state index < -0.39 is 17.9 Å². The zero-order chi connectivity index (χ0) is 23.1. The molecule has 0 aliphatic heterocycles. The van der Waals surface area contributed by atoms with Gasteiger partial charge < -0.3 is 15.7 Å². The predicted molar refractivity (Wildman–Crippen MR) is 118 cm³/mol. The third kappa shape index (κ3) is 5.46. The average molecular weight is 432 g/mol. The number of hydrogen-bond acceptors (Lipinski definition) is 5. The number of carbonyl (C=O) groups excluding carboxylic acids is 1. The van der Waals surface area contributed by atoms with Crippen molar-refractivity contribution in [2.45, 2.75) is 19.4 Å². The molecule has 8 heteroatoms. The highest BCUT2D eigenvalue weighted by Gasteiger charge is 2.20. The number of carboxylic acids is 1. The highest BCUT2D eigenvalue weighted by atomic mass is 19.1. The van der Waals surface area contributed by atoms with E-state index in [1.165, 1.54) is 25.1 Å². The quantitative estimate of drug-likeness (QED) is 0.501. The summed E-state index contributed by atoms with van der Waals surface area (Å²) in [5.41, 5.74) is 2.46. The van der Waals surface area contributed by atoms with Crippen molar-refractivity contribution in [2.75, 3.05) is 11.9 Å². The Bertz CT molecular complexity index is 1190. The number of amides is 1. The van der Waals surface area contributed by atoms with E-state index in [0.717, 1.165) is 5.56 Å². The van der Waals surface area contributed by atoms with E-state index in [1.54, 1.807) is 42.5 Å². The second kappa shape index (κ2) is 10.2. The smallest absolute Gasteiger partial charge is 0.325 e. The molecule has 1 heterocycles. The predicted octanol–water partition coefficient (Wildman–Crippen LogP) is 3.62. The molecule has 0 bridgehead atoms. The standard InChI is InChI=1S/C24H21FN4O3/c1-15(24(31)32)28-23(30)20-9-10-21(19-8-3-2-6-17(19)14-26)29-22(20)27-12-11-16-5-4-7-18(25)13-16/h2-10,13,15H,11-12H2,1H3,(H,27,29)(H,28,30)(H,31,32)/t15-/m1/s1. The Kier molecular flexibility index (Phi) is 7.13. The van der Waals surface area contributed by atoms with Crippen LogP contribution in [-0.2, 0) is 11.2 Å². The van der Waals surface area contributed by atoms with Crippen molar-refractivity contribution in [2.24, 2.45) is 0 Å². The first kappa shape index (κ1) is 22.4. The lowest BCUT2D eigenvalue weighted by molar-refractivity contribution is -0.138. The minimum Gasteiger partial charge on any atom is -0.480 e. The van der Waals surface area contributed by atoms with Crippen molar-refractivity contribution in [1.29, 1.82) is 5.26 Å². The summed E-state index contributed by atoms with van der Waals surface area (Å²) in [7, 11) is 0. The molecule has 0 saturated carbocycles. The SMILES string of the molecule is C[C@@H](NC(=O)c1ccc(-c2ccccc2C#N)nc1NCCc1cccc(F)c1)C(=O)O. The molecule has 0 fully saturated rings. The molecule has 0 aliphatic carbocycles. The monoisotopic (exact) mass is 432 g/mol. The number of carbonyl (C=O) groups is 2. The Hall–Kier alpha value is -4.25. The van der Waals surface area contributed by atoms with Gasteiger partial charge in [0.15, 0.2) is 0 Å². The maximum atomic E-state index is 13.4.